The zero-order valence-electron chi connectivity index (χ0n) is 17.7. The summed E-state index contributed by atoms with van der Waals surface area (Å²) in [5, 5.41) is 12.7. The molecule has 0 aliphatic carbocycles. The molecule has 1 aliphatic rings. The van der Waals surface area contributed by atoms with Gasteiger partial charge in [0.2, 0.25) is 0 Å². The number of nitrogens with zero attached hydrogens (tertiary/aromatic N) is 1. The number of quaternary nitrogens is 1. The van der Waals surface area contributed by atoms with Crippen LogP contribution in [0.3, 0.4) is 0 Å². The third-order valence-electron chi connectivity index (χ3n) is 5.73. The number of sulfonamides is 1. The first-order chi connectivity index (χ1) is 14.9. The van der Waals surface area contributed by atoms with Gasteiger partial charge in [-0.3, -0.25) is 4.31 Å². The van der Waals surface area contributed by atoms with E-state index in [-0.39, 0.29) is 11.4 Å². The molecular formula is C24H29N2O4S+. The molecule has 1 atom stereocenters. The second-order valence-corrected chi connectivity index (χ2v) is 9.96. The SMILES string of the molecule is Cc1ccc(N(CC(O)C[NH+]2CCOCC2)S(=O)(=O)c2ccc3ccccc3c2)cc1. The highest BCUT2D eigenvalue weighted by atomic mass is 32.2. The highest BCUT2D eigenvalue weighted by Gasteiger charge is 2.29. The molecule has 2 N–H and O–H groups in total. The summed E-state index contributed by atoms with van der Waals surface area (Å²) >= 11 is 0. The maximum Gasteiger partial charge on any atom is 0.264 e. The van der Waals surface area contributed by atoms with E-state index in [1.165, 1.54) is 9.21 Å². The van der Waals surface area contributed by atoms with Gasteiger partial charge in [0.25, 0.3) is 10.0 Å². The molecule has 3 aromatic rings. The number of ether oxygens (including phenoxy) is 1. The highest BCUT2D eigenvalue weighted by Crippen LogP contribution is 2.27. The summed E-state index contributed by atoms with van der Waals surface area (Å²) in [7, 11) is -3.85. The number of morpholine rings is 1. The first-order valence-electron chi connectivity index (χ1n) is 10.6. The molecule has 0 aromatic heterocycles. The molecule has 3 aromatic carbocycles. The van der Waals surface area contributed by atoms with Crippen molar-refractivity contribution in [3.05, 3.63) is 72.3 Å². The van der Waals surface area contributed by atoms with Gasteiger partial charge < -0.3 is 14.7 Å². The van der Waals surface area contributed by atoms with Crippen LogP contribution in [0.15, 0.2) is 71.6 Å². The minimum absolute atomic E-state index is 0.00256. The lowest BCUT2D eigenvalue weighted by Crippen LogP contribution is -3.15. The standard InChI is InChI=1S/C24H28N2O4S/c1-19-6-9-22(10-7-19)26(18-23(27)17-25-12-14-30-15-13-25)31(28,29)24-11-8-20-4-2-3-5-21(20)16-24/h2-11,16,23,27H,12-15,17-18H2,1H3/p+1. The fourth-order valence-electron chi connectivity index (χ4n) is 3.96. The predicted molar refractivity (Wildman–Crippen MR) is 122 cm³/mol. The van der Waals surface area contributed by atoms with E-state index in [0.717, 1.165) is 29.4 Å². The van der Waals surface area contributed by atoms with Crippen LogP contribution in [0.5, 0.6) is 0 Å². The van der Waals surface area contributed by atoms with Crippen LogP contribution in [-0.2, 0) is 14.8 Å². The van der Waals surface area contributed by atoms with E-state index in [1.807, 2.05) is 49.4 Å². The molecule has 164 valence electrons. The summed E-state index contributed by atoms with van der Waals surface area (Å²) in [6.45, 7) is 5.42. The van der Waals surface area contributed by atoms with Crippen molar-refractivity contribution in [2.45, 2.75) is 17.9 Å². The first kappa shape index (κ1) is 21.8. The number of rotatable bonds is 7. The van der Waals surface area contributed by atoms with Crippen molar-refractivity contribution in [3.8, 4) is 0 Å². The maximum atomic E-state index is 13.7. The Labute approximate surface area is 183 Å². The lowest BCUT2D eigenvalue weighted by Gasteiger charge is -2.30. The van der Waals surface area contributed by atoms with Gasteiger partial charge in [-0.2, -0.15) is 0 Å². The molecule has 0 spiro atoms. The molecule has 0 bridgehead atoms. The molecule has 6 nitrogen and oxygen atoms in total. The van der Waals surface area contributed by atoms with E-state index in [9.17, 15) is 13.5 Å². The van der Waals surface area contributed by atoms with Gasteiger partial charge >= 0.3 is 0 Å². The Morgan fingerprint density at radius 1 is 1.00 bits per heavy atom. The van der Waals surface area contributed by atoms with E-state index >= 15 is 0 Å². The number of aliphatic hydroxyl groups is 1. The van der Waals surface area contributed by atoms with Gasteiger partial charge in [0.05, 0.1) is 30.3 Å². The summed E-state index contributed by atoms with van der Waals surface area (Å²) in [4.78, 5) is 1.45. The number of hydrogen-bond donors (Lipinski definition) is 2. The predicted octanol–water partition coefficient (Wildman–Crippen LogP) is 1.62. The van der Waals surface area contributed by atoms with E-state index in [2.05, 4.69) is 0 Å². The summed E-state index contributed by atoms with van der Waals surface area (Å²) < 4.78 is 34.1. The number of benzene rings is 3. The first-order valence-corrected chi connectivity index (χ1v) is 12.0. The summed E-state index contributed by atoms with van der Waals surface area (Å²) in [5.74, 6) is 0. The Kier molecular flexibility index (Phi) is 6.57. The average molecular weight is 442 g/mol. The van der Waals surface area contributed by atoms with Crippen molar-refractivity contribution in [2.24, 2.45) is 0 Å². The fraction of sp³-hybridized carbons (Fsp3) is 0.333. The van der Waals surface area contributed by atoms with Gasteiger partial charge in [0.1, 0.15) is 25.7 Å². The molecule has 1 unspecified atom stereocenters. The monoisotopic (exact) mass is 441 g/mol. The molecule has 7 heteroatoms. The van der Waals surface area contributed by atoms with E-state index in [1.54, 1.807) is 24.3 Å². The highest BCUT2D eigenvalue weighted by molar-refractivity contribution is 7.92. The van der Waals surface area contributed by atoms with Crippen LogP contribution < -0.4 is 9.21 Å². The molecular weight excluding hydrogens is 412 g/mol. The number of hydrogen-bond acceptors (Lipinski definition) is 4. The van der Waals surface area contributed by atoms with Crippen LogP contribution >= 0.6 is 0 Å². The van der Waals surface area contributed by atoms with Crippen LogP contribution in [0.25, 0.3) is 10.8 Å². The molecule has 1 heterocycles. The Morgan fingerprint density at radius 2 is 1.68 bits per heavy atom. The molecule has 1 saturated heterocycles. The zero-order chi connectivity index (χ0) is 21.8. The Bertz CT molecular complexity index is 1130. The minimum Gasteiger partial charge on any atom is -0.385 e. The fourth-order valence-corrected chi connectivity index (χ4v) is 5.50. The number of nitrogens with one attached hydrogen (secondary N) is 1. The van der Waals surface area contributed by atoms with Crippen molar-refractivity contribution < 1.29 is 23.2 Å². The average Bonchev–Trinajstić information content (AvgIpc) is 2.78. The largest absolute Gasteiger partial charge is 0.385 e. The minimum atomic E-state index is -3.85. The molecule has 0 radical (unpaired) electrons. The van der Waals surface area contributed by atoms with Crippen LogP contribution in [-0.4, -0.2) is 59.0 Å². The second kappa shape index (κ2) is 9.36. The van der Waals surface area contributed by atoms with Crippen molar-refractivity contribution in [3.63, 3.8) is 0 Å². The van der Waals surface area contributed by atoms with E-state index in [4.69, 9.17) is 4.74 Å². The van der Waals surface area contributed by atoms with Crippen LogP contribution in [0, 0.1) is 6.92 Å². The number of aliphatic hydroxyl groups excluding tert-OH is 1. The summed E-state index contributed by atoms with van der Waals surface area (Å²) in [6, 6.07) is 20.2. The summed E-state index contributed by atoms with van der Waals surface area (Å²) in [6.07, 6.45) is -0.787. The van der Waals surface area contributed by atoms with Crippen LogP contribution in [0.1, 0.15) is 5.56 Å². The Hall–Kier alpha value is -2.45. The molecule has 4 rings (SSSR count). The zero-order valence-corrected chi connectivity index (χ0v) is 18.5. The molecule has 0 amide bonds. The van der Waals surface area contributed by atoms with Crippen molar-refractivity contribution in [1.82, 2.24) is 0 Å². The Balaban J connectivity index is 1.65. The van der Waals surface area contributed by atoms with Gasteiger partial charge in [-0.15, -0.1) is 0 Å². The van der Waals surface area contributed by atoms with Crippen molar-refractivity contribution >= 4 is 26.5 Å². The van der Waals surface area contributed by atoms with Crippen molar-refractivity contribution in [2.75, 3.05) is 43.7 Å². The third kappa shape index (κ3) is 5.07. The lowest BCUT2D eigenvalue weighted by atomic mass is 10.1. The maximum absolute atomic E-state index is 13.7. The van der Waals surface area contributed by atoms with Crippen molar-refractivity contribution in [1.29, 1.82) is 0 Å². The Morgan fingerprint density at radius 3 is 2.39 bits per heavy atom. The topological polar surface area (TPSA) is 71.3 Å². The van der Waals surface area contributed by atoms with Gasteiger partial charge in [0, 0.05) is 0 Å². The normalized spacial score (nSPS) is 16.3. The van der Waals surface area contributed by atoms with Gasteiger partial charge in [-0.25, -0.2) is 8.42 Å². The number of fused-ring (bicyclic) bond motifs is 1. The number of aryl methyl sites for hydroxylation is 1. The van der Waals surface area contributed by atoms with Crippen LogP contribution in [0.4, 0.5) is 5.69 Å². The van der Waals surface area contributed by atoms with Gasteiger partial charge in [-0.05, 0) is 42.0 Å². The number of anilines is 1. The molecule has 31 heavy (non-hydrogen) atoms. The molecule has 0 saturated carbocycles. The van der Waals surface area contributed by atoms with Crippen LogP contribution in [0.2, 0.25) is 0 Å². The summed E-state index contributed by atoms with van der Waals surface area (Å²) in [5.41, 5.74) is 1.60. The van der Waals surface area contributed by atoms with E-state index < -0.39 is 16.1 Å². The lowest BCUT2D eigenvalue weighted by molar-refractivity contribution is -0.910. The molecule has 1 aliphatic heterocycles. The third-order valence-corrected chi connectivity index (χ3v) is 7.52. The second-order valence-electron chi connectivity index (χ2n) is 8.10. The smallest absolute Gasteiger partial charge is 0.264 e. The molecule has 1 fully saturated rings. The quantitative estimate of drug-likeness (QED) is 0.585. The van der Waals surface area contributed by atoms with Gasteiger partial charge in [-0.1, -0.05) is 48.0 Å². The van der Waals surface area contributed by atoms with Gasteiger partial charge in [0.15, 0.2) is 0 Å². The van der Waals surface area contributed by atoms with E-state index in [0.29, 0.717) is 25.4 Å².